The summed E-state index contributed by atoms with van der Waals surface area (Å²) in [4.78, 5) is 16.2. The molecule has 1 unspecified atom stereocenters. The standard InChI is InChI=1S/C15H17FN4O/c16-11-3-5-12(6-4-11)20-9-18-8-14(20)15(21)19-7-13(17)10-1-2-10/h3-6,8-10,13H,1-2,7,17H2,(H,19,21). The van der Waals surface area contributed by atoms with E-state index in [1.54, 1.807) is 16.7 Å². The highest BCUT2D eigenvalue weighted by atomic mass is 19.1. The van der Waals surface area contributed by atoms with Gasteiger partial charge in [0.05, 0.1) is 12.5 Å². The minimum atomic E-state index is -0.319. The predicted molar refractivity (Wildman–Crippen MR) is 76.6 cm³/mol. The molecule has 1 heterocycles. The molecule has 0 saturated heterocycles. The molecule has 1 aromatic heterocycles. The van der Waals surface area contributed by atoms with Gasteiger partial charge >= 0.3 is 0 Å². The maximum Gasteiger partial charge on any atom is 0.269 e. The normalized spacial score (nSPS) is 15.7. The van der Waals surface area contributed by atoms with E-state index in [1.807, 2.05) is 0 Å². The number of benzene rings is 1. The maximum atomic E-state index is 13.0. The highest BCUT2D eigenvalue weighted by Crippen LogP contribution is 2.31. The summed E-state index contributed by atoms with van der Waals surface area (Å²) in [6, 6.07) is 5.91. The summed E-state index contributed by atoms with van der Waals surface area (Å²) in [6.45, 7) is 0.456. The third kappa shape index (κ3) is 3.11. The summed E-state index contributed by atoms with van der Waals surface area (Å²) in [6.07, 6.45) is 5.30. The number of halogens is 1. The monoisotopic (exact) mass is 288 g/mol. The molecule has 21 heavy (non-hydrogen) atoms. The van der Waals surface area contributed by atoms with Gasteiger partial charge in [-0.15, -0.1) is 0 Å². The molecule has 1 saturated carbocycles. The van der Waals surface area contributed by atoms with Crippen molar-refractivity contribution in [1.82, 2.24) is 14.9 Å². The fourth-order valence-electron chi connectivity index (χ4n) is 2.26. The minimum Gasteiger partial charge on any atom is -0.349 e. The number of imidazole rings is 1. The van der Waals surface area contributed by atoms with Crippen LogP contribution in [0.15, 0.2) is 36.8 Å². The molecule has 0 spiro atoms. The van der Waals surface area contributed by atoms with E-state index in [0.29, 0.717) is 23.8 Å². The van der Waals surface area contributed by atoms with Crippen LogP contribution in [0, 0.1) is 11.7 Å². The zero-order valence-corrected chi connectivity index (χ0v) is 11.5. The van der Waals surface area contributed by atoms with E-state index in [0.717, 1.165) is 12.8 Å². The molecule has 1 aliphatic rings. The second-order valence-corrected chi connectivity index (χ2v) is 5.34. The predicted octanol–water partition coefficient (Wildman–Crippen LogP) is 1.48. The minimum absolute atomic E-state index is 0.0103. The number of aromatic nitrogens is 2. The number of hydrogen-bond donors (Lipinski definition) is 2. The molecule has 5 nitrogen and oxygen atoms in total. The van der Waals surface area contributed by atoms with E-state index >= 15 is 0 Å². The molecule has 0 radical (unpaired) electrons. The van der Waals surface area contributed by atoms with Gasteiger partial charge in [-0.25, -0.2) is 9.37 Å². The fourth-order valence-corrected chi connectivity index (χ4v) is 2.26. The molecule has 2 aromatic rings. The van der Waals surface area contributed by atoms with Crippen LogP contribution < -0.4 is 11.1 Å². The largest absolute Gasteiger partial charge is 0.349 e. The number of nitrogens with two attached hydrogens (primary N) is 1. The van der Waals surface area contributed by atoms with Gasteiger partial charge < -0.3 is 11.1 Å². The molecule has 6 heteroatoms. The van der Waals surface area contributed by atoms with Gasteiger partial charge in [-0.3, -0.25) is 9.36 Å². The lowest BCUT2D eigenvalue weighted by Gasteiger charge is -2.12. The Morgan fingerprint density at radius 1 is 1.43 bits per heavy atom. The SMILES string of the molecule is NC(CNC(=O)c1cncn1-c1ccc(F)cc1)C1CC1. The first-order valence-corrected chi connectivity index (χ1v) is 6.97. The van der Waals surface area contributed by atoms with Crippen molar-refractivity contribution < 1.29 is 9.18 Å². The number of rotatable bonds is 5. The van der Waals surface area contributed by atoms with Crippen LogP contribution in [-0.4, -0.2) is 28.0 Å². The Balaban J connectivity index is 1.71. The first-order chi connectivity index (χ1) is 10.1. The molecular formula is C15H17FN4O. The number of carbonyl (C=O) groups is 1. The second kappa shape index (κ2) is 5.65. The highest BCUT2D eigenvalue weighted by Gasteiger charge is 2.28. The number of amides is 1. The van der Waals surface area contributed by atoms with E-state index in [4.69, 9.17) is 5.73 Å². The quantitative estimate of drug-likeness (QED) is 0.875. The van der Waals surface area contributed by atoms with Crippen LogP contribution in [0.4, 0.5) is 4.39 Å². The van der Waals surface area contributed by atoms with Crippen molar-refractivity contribution in [3.05, 3.63) is 48.3 Å². The zero-order valence-electron chi connectivity index (χ0n) is 11.5. The topological polar surface area (TPSA) is 72.9 Å². The first-order valence-electron chi connectivity index (χ1n) is 6.97. The Kier molecular flexibility index (Phi) is 3.70. The van der Waals surface area contributed by atoms with E-state index in [9.17, 15) is 9.18 Å². The molecule has 3 rings (SSSR count). The molecule has 110 valence electrons. The Morgan fingerprint density at radius 3 is 2.81 bits per heavy atom. The summed E-state index contributed by atoms with van der Waals surface area (Å²) >= 11 is 0. The van der Waals surface area contributed by atoms with Crippen molar-refractivity contribution in [3.8, 4) is 5.69 Å². The highest BCUT2D eigenvalue weighted by molar-refractivity contribution is 5.93. The number of nitrogens with zero attached hydrogens (tertiary/aromatic N) is 2. The van der Waals surface area contributed by atoms with Crippen LogP contribution in [-0.2, 0) is 0 Å². The van der Waals surface area contributed by atoms with Crippen molar-refractivity contribution in [3.63, 3.8) is 0 Å². The van der Waals surface area contributed by atoms with E-state index in [2.05, 4.69) is 10.3 Å². The Bertz CT molecular complexity index is 633. The van der Waals surface area contributed by atoms with Gasteiger partial charge in [-0.05, 0) is 43.0 Å². The Hall–Kier alpha value is -2.21. The molecule has 1 aliphatic carbocycles. The van der Waals surface area contributed by atoms with E-state index in [1.165, 1.54) is 24.7 Å². The molecule has 1 aromatic carbocycles. The van der Waals surface area contributed by atoms with Gasteiger partial charge in [0.25, 0.3) is 5.91 Å². The lowest BCUT2D eigenvalue weighted by Crippen LogP contribution is -2.39. The van der Waals surface area contributed by atoms with Gasteiger partial charge in [0, 0.05) is 18.3 Å². The van der Waals surface area contributed by atoms with Crippen molar-refractivity contribution in [2.45, 2.75) is 18.9 Å². The average molecular weight is 288 g/mol. The van der Waals surface area contributed by atoms with Gasteiger partial charge in [-0.2, -0.15) is 0 Å². The summed E-state index contributed by atoms with van der Waals surface area (Å²) < 4.78 is 14.6. The molecule has 0 bridgehead atoms. The number of hydrogen-bond acceptors (Lipinski definition) is 3. The Morgan fingerprint density at radius 2 is 2.14 bits per heavy atom. The lowest BCUT2D eigenvalue weighted by atomic mass is 10.2. The molecule has 0 aliphatic heterocycles. The zero-order chi connectivity index (χ0) is 14.8. The molecular weight excluding hydrogens is 271 g/mol. The van der Waals surface area contributed by atoms with Gasteiger partial charge in [0.15, 0.2) is 0 Å². The van der Waals surface area contributed by atoms with Crippen LogP contribution in [0.1, 0.15) is 23.3 Å². The van der Waals surface area contributed by atoms with Gasteiger partial charge in [-0.1, -0.05) is 0 Å². The van der Waals surface area contributed by atoms with Crippen LogP contribution >= 0.6 is 0 Å². The maximum absolute atomic E-state index is 13.0. The van der Waals surface area contributed by atoms with E-state index < -0.39 is 0 Å². The molecule has 3 N–H and O–H groups in total. The second-order valence-electron chi connectivity index (χ2n) is 5.34. The third-order valence-electron chi connectivity index (χ3n) is 3.70. The average Bonchev–Trinajstić information content (AvgIpc) is 3.23. The fraction of sp³-hybridized carbons (Fsp3) is 0.333. The van der Waals surface area contributed by atoms with Crippen LogP contribution in [0.5, 0.6) is 0 Å². The Labute approximate surface area is 122 Å². The van der Waals surface area contributed by atoms with Crippen molar-refractivity contribution in [2.75, 3.05) is 6.54 Å². The third-order valence-corrected chi connectivity index (χ3v) is 3.70. The van der Waals surface area contributed by atoms with Crippen molar-refractivity contribution in [2.24, 2.45) is 11.7 Å². The number of nitrogens with one attached hydrogen (secondary N) is 1. The van der Waals surface area contributed by atoms with Gasteiger partial charge in [0.2, 0.25) is 0 Å². The summed E-state index contributed by atoms with van der Waals surface area (Å²) in [5.74, 6) is -0.0134. The first kappa shape index (κ1) is 13.8. The van der Waals surface area contributed by atoms with Crippen molar-refractivity contribution >= 4 is 5.91 Å². The van der Waals surface area contributed by atoms with Crippen molar-refractivity contribution in [1.29, 1.82) is 0 Å². The van der Waals surface area contributed by atoms with E-state index in [-0.39, 0.29) is 17.8 Å². The summed E-state index contributed by atoms with van der Waals surface area (Å²) in [5.41, 5.74) is 7.06. The number of carbonyl (C=O) groups excluding carboxylic acids is 1. The summed E-state index contributed by atoms with van der Waals surface area (Å²) in [7, 11) is 0. The molecule has 1 amide bonds. The van der Waals surface area contributed by atoms with Gasteiger partial charge in [0.1, 0.15) is 11.5 Å². The molecule has 1 atom stereocenters. The van der Waals surface area contributed by atoms with Crippen LogP contribution in [0.25, 0.3) is 5.69 Å². The lowest BCUT2D eigenvalue weighted by molar-refractivity contribution is 0.0943. The molecule has 1 fully saturated rings. The summed E-state index contributed by atoms with van der Waals surface area (Å²) in [5, 5.41) is 2.83. The van der Waals surface area contributed by atoms with Crippen LogP contribution in [0.2, 0.25) is 0 Å². The van der Waals surface area contributed by atoms with Crippen LogP contribution in [0.3, 0.4) is 0 Å². The smallest absolute Gasteiger partial charge is 0.269 e.